The van der Waals surface area contributed by atoms with E-state index in [1.165, 1.54) is 6.07 Å². The van der Waals surface area contributed by atoms with Gasteiger partial charge in [0, 0.05) is 23.2 Å². The van der Waals surface area contributed by atoms with E-state index in [9.17, 15) is 4.39 Å². The highest BCUT2D eigenvalue weighted by Gasteiger charge is 2.12. The molecule has 1 N–H and O–H groups in total. The number of aromatic nitrogens is 5. The van der Waals surface area contributed by atoms with Crippen molar-refractivity contribution < 1.29 is 4.39 Å². The molecule has 5 aromatic rings. The summed E-state index contributed by atoms with van der Waals surface area (Å²) in [7, 11) is 0. The minimum absolute atomic E-state index is 0.354. The number of rotatable bonds is 3. The van der Waals surface area contributed by atoms with Crippen molar-refractivity contribution in [3.63, 3.8) is 0 Å². The highest BCUT2D eigenvalue weighted by atomic mass is 35.5. The summed E-state index contributed by atoms with van der Waals surface area (Å²) in [6.45, 7) is 0. The molecule has 0 fully saturated rings. The van der Waals surface area contributed by atoms with E-state index in [0.29, 0.717) is 33.5 Å². The topological polar surface area (TPSA) is 58.9 Å². The van der Waals surface area contributed by atoms with Gasteiger partial charge in [-0.2, -0.15) is 9.37 Å². The van der Waals surface area contributed by atoms with E-state index in [1.807, 2.05) is 34.9 Å². The molecule has 4 heterocycles. The van der Waals surface area contributed by atoms with Crippen molar-refractivity contribution in [2.45, 2.75) is 6.42 Å². The van der Waals surface area contributed by atoms with Crippen molar-refractivity contribution in [3.05, 3.63) is 82.2 Å². The largest absolute Gasteiger partial charge is 0.340 e. The third-order valence-corrected chi connectivity index (χ3v) is 5.01. The second kappa shape index (κ2) is 6.58. The van der Waals surface area contributed by atoms with Gasteiger partial charge in [0.05, 0.1) is 21.9 Å². The number of H-pyrrole nitrogens is 1. The van der Waals surface area contributed by atoms with E-state index in [0.717, 1.165) is 22.6 Å². The number of benzene rings is 1. The zero-order valence-electron chi connectivity index (χ0n) is 14.3. The van der Waals surface area contributed by atoms with Crippen LogP contribution in [0, 0.1) is 5.95 Å². The molecular formula is C20H12Cl2FN5. The van der Waals surface area contributed by atoms with Gasteiger partial charge in [-0.15, -0.1) is 0 Å². The SMILES string of the molecule is Fc1ccc2[nH]c(Cc3cn4c(-c5ccc(Cl)cc5Cl)cccc4n3)nc2n1. The fraction of sp³-hybridized carbons (Fsp3) is 0.0500. The number of nitrogens with one attached hydrogen (secondary N) is 1. The van der Waals surface area contributed by atoms with Crippen molar-refractivity contribution in [2.75, 3.05) is 0 Å². The average Bonchev–Trinajstić information content (AvgIpc) is 3.24. The number of pyridine rings is 2. The van der Waals surface area contributed by atoms with Crippen molar-refractivity contribution in [3.8, 4) is 11.3 Å². The second-order valence-corrected chi connectivity index (χ2v) is 7.20. The molecule has 4 aromatic heterocycles. The van der Waals surface area contributed by atoms with E-state index >= 15 is 0 Å². The van der Waals surface area contributed by atoms with E-state index in [2.05, 4.69) is 19.9 Å². The molecule has 28 heavy (non-hydrogen) atoms. The first-order valence-electron chi connectivity index (χ1n) is 8.50. The molecule has 138 valence electrons. The van der Waals surface area contributed by atoms with E-state index in [4.69, 9.17) is 23.2 Å². The summed E-state index contributed by atoms with van der Waals surface area (Å²) in [4.78, 5) is 16.0. The molecule has 0 aliphatic rings. The number of hydrogen-bond acceptors (Lipinski definition) is 3. The second-order valence-electron chi connectivity index (χ2n) is 6.36. The van der Waals surface area contributed by atoms with Crippen LogP contribution < -0.4 is 0 Å². The van der Waals surface area contributed by atoms with Gasteiger partial charge in [-0.05, 0) is 42.5 Å². The summed E-state index contributed by atoms with van der Waals surface area (Å²) >= 11 is 12.4. The highest BCUT2D eigenvalue weighted by Crippen LogP contribution is 2.31. The lowest BCUT2D eigenvalue weighted by molar-refractivity contribution is 0.588. The highest BCUT2D eigenvalue weighted by molar-refractivity contribution is 6.36. The molecule has 0 saturated carbocycles. The van der Waals surface area contributed by atoms with Crippen LogP contribution in [0.15, 0.2) is 54.7 Å². The first-order chi connectivity index (χ1) is 13.6. The first-order valence-corrected chi connectivity index (χ1v) is 9.26. The normalized spacial score (nSPS) is 11.5. The Morgan fingerprint density at radius 2 is 1.89 bits per heavy atom. The van der Waals surface area contributed by atoms with E-state index in [-0.39, 0.29) is 0 Å². The average molecular weight is 412 g/mol. The molecule has 5 rings (SSSR count). The van der Waals surface area contributed by atoms with Crippen molar-refractivity contribution in [1.82, 2.24) is 24.3 Å². The van der Waals surface area contributed by atoms with Crippen molar-refractivity contribution in [2.24, 2.45) is 0 Å². The third-order valence-electron chi connectivity index (χ3n) is 4.46. The number of nitrogens with zero attached hydrogens (tertiary/aromatic N) is 4. The van der Waals surface area contributed by atoms with Crippen molar-refractivity contribution >= 4 is 40.0 Å². The molecule has 0 aliphatic carbocycles. The number of fused-ring (bicyclic) bond motifs is 2. The Labute approximate surface area is 168 Å². The number of aromatic amines is 1. The van der Waals surface area contributed by atoms with Crippen LogP contribution in [0.2, 0.25) is 10.0 Å². The Morgan fingerprint density at radius 3 is 2.75 bits per heavy atom. The summed E-state index contributed by atoms with van der Waals surface area (Å²) < 4.78 is 15.3. The Morgan fingerprint density at radius 1 is 1.00 bits per heavy atom. The van der Waals surface area contributed by atoms with Crippen LogP contribution in [-0.2, 0) is 6.42 Å². The Hall–Kier alpha value is -2.96. The summed E-state index contributed by atoms with van der Waals surface area (Å²) in [5, 5.41) is 1.16. The lowest BCUT2D eigenvalue weighted by atomic mass is 10.1. The van der Waals surface area contributed by atoms with Gasteiger partial charge in [0.2, 0.25) is 5.95 Å². The van der Waals surface area contributed by atoms with Crippen LogP contribution in [0.3, 0.4) is 0 Å². The maximum Gasteiger partial charge on any atom is 0.215 e. The monoisotopic (exact) mass is 411 g/mol. The van der Waals surface area contributed by atoms with Gasteiger partial charge in [0.15, 0.2) is 5.65 Å². The first kappa shape index (κ1) is 17.2. The predicted molar refractivity (Wildman–Crippen MR) is 107 cm³/mol. The minimum atomic E-state index is -0.553. The van der Waals surface area contributed by atoms with Crippen LogP contribution in [0.5, 0.6) is 0 Å². The molecule has 1 aromatic carbocycles. The van der Waals surface area contributed by atoms with Crippen LogP contribution in [0.25, 0.3) is 28.1 Å². The number of halogens is 3. The Bertz CT molecular complexity index is 1340. The van der Waals surface area contributed by atoms with E-state index < -0.39 is 5.95 Å². The van der Waals surface area contributed by atoms with Crippen LogP contribution >= 0.6 is 23.2 Å². The van der Waals surface area contributed by atoms with Gasteiger partial charge in [0.1, 0.15) is 11.5 Å². The van der Waals surface area contributed by atoms with E-state index in [1.54, 1.807) is 18.2 Å². The quantitative estimate of drug-likeness (QED) is 0.409. The zero-order valence-corrected chi connectivity index (χ0v) is 15.8. The van der Waals surface area contributed by atoms with Gasteiger partial charge in [-0.3, -0.25) is 4.40 Å². The van der Waals surface area contributed by atoms with Crippen LogP contribution in [0.4, 0.5) is 4.39 Å². The summed E-state index contributed by atoms with van der Waals surface area (Å²) in [5.74, 6) is 0.116. The lowest BCUT2D eigenvalue weighted by Gasteiger charge is -2.07. The zero-order chi connectivity index (χ0) is 19.3. The van der Waals surface area contributed by atoms with Gasteiger partial charge < -0.3 is 4.98 Å². The molecule has 0 radical (unpaired) electrons. The molecule has 0 unspecified atom stereocenters. The summed E-state index contributed by atoms with van der Waals surface area (Å²) in [6.07, 6.45) is 2.41. The Kier molecular flexibility index (Phi) is 4.03. The van der Waals surface area contributed by atoms with Crippen molar-refractivity contribution in [1.29, 1.82) is 0 Å². The smallest absolute Gasteiger partial charge is 0.215 e. The minimum Gasteiger partial charge on any atom is -0.340 e. The fourth-order valence-corrected chi connectivity index (χ4v) is 3.74. The molecular weight excluding hydrogens is 400 g/mol. The molecule has 5 nitrogen and oxygen atoms in total. The molecule has 0 aliphatic heterocycles. The molecule has 0 bridgehead atoms. The summed E-state index contributed by atoms with van der Waals surface area (Å²) in [6, 6.07) is 14.2. The summed E-state index contributed by atoms with van der Waals surface area (Å²) in [5.41, 5.74) is 4.42. The predicted octanol–water partition coefficient (Wildman–Crippen LogP) is 5.31. The van der Waals surface area contributed by atoms with Gasteiger partial charge in [-0.25, -0.2) is 9.97 Å². The molecule has 0 spiro atoms. The van der Waals surface area contributed by atoms with Gasteiger partial charge >= 0.3 is 0 Å². The number of imidazole rings is 2. The molecule has 0 atom stereocenters. The van der Waals surface area contributed by atoms with Gasteiger partial charge in [0.25, 0.3) is 0 Å². The molecule has 0 amide bonds. The Balaban J connectivity index is 1.56. The van der Waals surface area contributed by atoms with Crippen LogP contribution in [-0.4, -0.2) is 24.3 Å². The number of hydrogen-bond donors (Lipinski definition) is 1. The maximum absolute atomic E-state index is 13.3. The third kappa shape index (κ3) is 3.00. The standard InChI is InChI=1S/C20H12Cl2FN5/c21-11-4-5-13(14(22)8-11)16-2-1-3-19-24-12(10-28(16)19)9-18-25-15-6-7-17(23)26-20(15)27-18/h1-8,10H,9H2,(H,25,26,27). The van der Waals surface area contributed by atoms with Crippen LogP contribution in [0.1, 0.15) is 11.5 Å². The lowest BCUT2D eigenvalue weighted by Crippen LogP contribution is -1.91. The molecule has 0 saturated heterocycles. The fourth-order valence-electron chi connectivity index (χ4n) is 3.24. The molecule has 8 heteroatoms. The van der Waals surface area contributed by atoms with Gasteiger partial charge in [-0.1, -0.05) is 29.3 Å². The maximum atomic E-state index is 13.3.